The summed E-state index contributed by atoms with van der Waals surface area (Å²) in [5, 5.41) is 9.81. The molecule has 0 heterocycles. The third kappa shape index (κ3) is 2.85. The van der Waals surface area contributed by atoms with Crippen LogP contribution in [0.2, 0.25) is 10.0 Å². The summed E-state index contributed by atoms with van der Waals surface area (Å²) in [6, 6.07) is 4.94. The van der Waals surface area contributed by atoms with E-state index in [1.807, 2.05) is 0 Å². The number of hydrogen-bond acceptors (Lipinski definition) is 2. The van der Waals surface area contributed by atoms with Gasteiger partial charge < -0.3 is 9.84 Å². The minimum atomic E-state index is -0.852. The van der Waals surface area contributed by atoms with Gasteiger partial charge in [-0.1, -0.05) is 23.2 Å². The standard InChI is InChI=1S/C12H12Cl2O3/c13-8-2-3-10(9(14)6-8)17-12(4-1-5-12)7-11(15)16/h2-3,6H,1,4-5,7H2,(H,15,16). The third-order valence-electron chi connectivity index (χ3n) is 2.96. The minimum absolute atomic E-state index is 0.00591. The predicted molar refractivity (Wildman–Crippen MR) is 65.9 cm³/mol. The summed E-state index contributed by atoms with van der Waals surface area (Å²) in [6.45, 7) is 0. The topological polar surface area (TPSA) is 46.5 Å². The number of halogens is 2. The normalized spacial score (nSPS) is 17.3. The SMILES string of the molecule is O=C(O)CC1(Oc2ccc(Cl)cc2Cl)CCC1. The Labute approximate surface area is 109 Å². The van der Waals surface area contributed by atoms with Gasteiger partial charge in [0.1, 0.15) is 11.4 Å². The second-order valence-electron chi connectivity index (χ2n) is 4.28. The first kappa shape index (κ1) is 12.5. The molecule has 0 aromatic heterocycles. The van der Waals surface area contributed by atoms with Crippen LogP contribution in [-0.2, 0) is 4.79 Å². The van der Waals surface area contributed by atoms with Gasteiger partial charge in [-0.3, -0.25) is 4.79 Å². The van der Waals surface area contributed by atoms with Gasteiger partial charge in [0.05, 0.1) is 11.4 Å². The van der Waals surface area contributed by atoms with Crippen molar-refractivity contribution in [2.75, 3.05) is 0 Å². The Morgan fingerprint density at radius 1 is 1.41 bits per heavy atom. The number of hydrogen-bond donors (Lipinski definition) is 1. The van der Waals surface area contributed by atoms with Crippen LogP contribution in [0.1, 0.15) is 25.7 Å². The van der Waals surface area contributed by atoms with Crippen molar-refractivity contribution in [2.24, 2.45) is 0 Å². The number of carboxylic acid groups (broad SMARTS) is 1. The molecular formula is C12H12Cl2O3. The Hall–Kier alpha value is -0.930. The van der Waals surface area contributed by atoms with Crippen molar-refractivity contribution in [1.29, 1.82) is 0 Å². The van der Waals surface area contributed by atoms with Crippen LogP contribution in [0.5, 0.6) is 5.75 Å². The Morgan fingerprint density at radius 3 is 2.59 bits per heavy atom. The molecule has 92 valence electrons. The molecule has 1 aromatic rings. The van der Waals surface area contributed by atoms with Crippen LogP contribution in [-0.4, -0.2) is 16.7 Å². The monoisotopic (exact) mass is 274 g/mol. The van der Waals surface area contributed by atoms with Crippen LogP contribution in [0.25, 0.3) is 0 Å². The first-order chi connectivity index (χ1) is 8.01. The Morgan fingerprint density at radius 2 is 2.12 bits per heavy atom. The van der Waals surface area contributed by atoms with E-state index >= 15 is 0 Å². The van der Waals surface area contributed by atoms with Gasteiger partial charge in [-0.05, 0) is 37.5 Å². The number of rotatable bonds is 4. The molecule has 0 atom stereocenters. The second-order valence-corrected chi connectivity index (χ2v) is 5.13. The summed E-state index contributed by atoms with van der Waals surface area (Å²) >= 11 is 11.8. The number of ether oxygens (including phenoxy) is 1. The van der Waals surface area contributed by atoms with Crippen molar-refractivity contribution < 1.29 is 14.6 Å². The highest BCUT2D eigenvalue weighted by atomic mass is 35.5. The highest BCUT2D eigenvalue weighted by Crippen LogP contribution is 2.41. The van der Waals surface area contributed by atoms with Crippen LogP contribution in [0.3, 0.4) is 0 Å². The average molecular weight is 275 g/mol. The highest BCUT2D eigenvalue weighted by Gasteiger charge is 2.41. The number of carbonyl (C=O) groups is 1. The van der Waals surface area contributed by atoms with E-state index in [-0.39, 0.29) is 6.42 Å². The van der Waals surface area contributed by atoms with Gasteiger partial charge in [-0.25, -0.2) is 0 Å². The van der Waals surface area contributed by atoms with E-state index in [1.165, 1.54) is 0 Å². The maximum atomic E-state index is 10.8. The summed E-state index contributed by atoms with van der Waals surface area (Å²) in [5.74, 6) is -0.355. The summed E-state index contributed by atoms with van der Waals surface area (Å²) in [4.78, 5) is 10.8. The molecule has 1 aliphatic rings. The summed E-state index contributed by atoms with van der Waals surface area (Å²) in [6.07, 6.45) is 2.49. The molecule has 0 aliphatic heterocycles. The molecule has 2 rings (SSSR count). The van der Waals surface area contributed by atoms with E-state index in [2.05, 4.69) is 0 Å². The van der Waals surface area contributed by atoms with Crippen molar-refractivity contribution in [2.45, 2.75) is 31.3 Å². The van der Waals surface area contributed by atoms with E-state index < -0.39 is 11.6 Å². The lowest BCUT2D eigenvalue weighted by Crippen LogP contribution is -2.45. The van der Waals surface area contributed by atoms with Crippen molar-refractivity contribution >= 4 is 29.2 Å². The van der Waals surface area contributed by atoms with E-state index in [4.69, 9.17) is 33.0 Å². The Balaban J connectivity index is 2.15. The summed E-state index contributed by atoms with van der Waals surface area (Å²) in [7, 11) is 0. The lowest BCUT2D eigenvalue weighted by Gasteiger charge is -2.41. The van der Waals surface area contributed by atoms with E-state index in [0.29, 0.717) is 15.8 Å². The van der Waals surface area contributed by atoms with Crippen molar-refractivity contribution in [1.82, 2.24) is 0 Å². The first-order valence-corrected chi connectivity index (χ1v) is 6.12. The molecule has 1 fully saturated rings. The zero-order chi connectivity index (χ0) is 12.5. The fraction of sp³-hybridized carbons (Fsp3) is 0.417. The average Bonchev–Trinajstić information content (AvgIpc) is 2.18. The summed E-state index contributed by atoms with van der Waals surface area (Å²) in [5.41, 5.74) is -0.594. The largest absolute Gasteiger partial charge is 0.485 e. The number of benzene rings is 1. The predicted octanol–water partition coefficient (Wildman–Crippen LogP) is 3.77. The molecule has 1 aliphatic carbocycles. The van der Waals surface area contributed by atoms with Crippen molar-refractivity contribution in [3.05, 3.63) is 28.2 Å². The summed E-state index contributed by atoms with van der Waals surface area (Å²) < 4.78 is 5.76. The van der Waals surface area contributed by atoms with Gasteiger partial charge in [0, 0.05) is 5.02 Å². The van der Waals surface area contributed by atoms with Gasteiger partial charge in [-0.2, -0.15) is 0 Å². The van der Waals surface area contributed by atoms with Crippen LogP contribution < -0.4 is 4.74 Å². The number of aliphatic carboxylic acids is 1. The molecular weight excluding hydrogens is 263 g/mol. The van der Waals surface area contributed by atoms with Gasteiger partial charge in [-0.15, -0.1) is 0 Å². The van der Waals surface area contributed by atoms with Crippen LogP contribution in [0.4, 0.5) is 0 Å². The van der Waals surface area contributed by atoms with Crippen molar-refractivity contribution in [3.8, 4) is 5.75 Å². The quantitative estimate of drug-likeness (QED) is 0.909. The first-order valence-electron chi connectivity index (χ1n) is 5.37. The fourth-order valence-corrected chi connectivity index (χ4v) is 2.40. The molecule has 1 aromatic carbocycles. The third-order valence-corrected chi connectivity index (χ3v) is 3.49. The molecule has 0 radical (unpaired) electrons. The molecule has 1 N–H and O–H groups in total. The molecule has 0 unspecified atom stereocenters. The van der Waals surface area contributed by atoms with E-state index in [0.717, 1.165) is 19.3 Å². The van der Waals surface area contributed by atoms with Crippen LogP contribution in [0.15, 0.2) is 18.2 Å². The molecule has 0 spiro atoms. The van der Waals surface area contributed by atoms with Gasteiger partial charge in [0.25, 0.3) is 0 Å². The van der Waals surface area contributed by atoms with Gasteiger partial charge >= 0.3 is 5.97 Å². The highest BCUT2D eigenvalue weighted by molar-refractivity contribution is 6.35. The van der Waals surface area contributed by atoms with E-state index in [9.17, 15) is 4.79 Å². The lowest BCUT2D eigenvalue weighted by molar-refractivity contribution is -0.144. The van der Waals surface area contributed by atoms with Gasteiger partial charge in [0.2, 0.25) is 0 Å². The number of carboxylic acids is 1. The van der Waals surface area contributed by atoms with Gasteiger partial charge in [0.15, 0.2) is 0 Å². The molecule has 17 heavy (non-hydrogen) atoms. The van der Waals surface area contributed by atoms with E-state index in [1.54, 1.807) is 18.2 Å². The zero-order valence-corrected chi connectivity index (χ0v) is 10.6. The second kappa shape index (κ2) is 4.75. The maximum Gasteiger partial charge on any atom is 0.307 e. The molecule has 1 saturated carbocycles. The molecule has 5 heteroatoms. The zero-order valence-electron chi connectivity index (χ0n) is 9.08. The fourth-order valence-electron chi connectivity index (χ4n) is 1.95. The van der Waals surface area contributed by atoms with Crippen molar-refractivity contribution in [3.63, 3.8) is 0 Å². The molecule has 0 amide bonds. The Bertz CT molecular complexity index is 441. The van der Waals surface area contributed by atoms with Crippen LogP contribution in [0, 0.1) is 0 Å². The molecule has 3 nitrogen and oxygen atoms in total. The Kier molecular flexibility index (Phi) is 3.50. The smallest absolute Gasteiger partial charge is 0.307 e. The molecule has 0 saturated heterocycles. The maximum absolute atomic E-state index is 10.8. The lowest BCUT2D eigenvalue weighted by atomic mass is 9.77. The minimum Gasteiger partial charge on any atom is -0.485 e. The van der Waals surface area contributed by atoms with Crippen LogP contribution >= 0.6 is 23.2 Å². The molecule has 0 bridgehead atoms.